The fraction of sp³-hybridized carbons (Fsp3) is 0.185. The van der Waals surface area contributed by atoms with Gasteiger partial charge in [0.2, 0.25) is 5.89 Å². The molecule has 1 N–H and O–H groups in total. The summed E-state index contributed by atoms with van der Waals surface area (Å²) in [7, 11) is 0. The molecular weight excluding hydrogens is 400 g/mol. The molecule has 4 aromatic rings. The average Bonchev–Trinajstić information content (AvgIpc) is 3.22. The van der Waals surface area contributed by atoms with E-state index in [0.29, 0.717) is 30.4 Å². The summed E-state index contributed by atoms with van der Waals surface area (Å²) in [5.74, 6) is 2.16. The Labute approximate surface area is 188 Å². The number of ether oxygens (including phenoxy) is 1. The summed E-state index contributed by atoms with van der Waals surface area (Å²) >= 11 is 0. The van der Waals surface area contributed by atoms with Crippen LogP contribution in [-0.2, 0) is 6.61 Å². The van der Waals surface area contributed by atoms with E-state index in [1.54, 1.807) is 12.1 Å². The molecule has 1 aromatic heterocycles. The highest BCUT2D eigenvalue weighted by atomic mass is 16.5. The molecular formula is C27H26N2O3. The molecule has 0 aliphatic carbocycles. The van der Waals surface area contributed by atoms with Crippen molar-refractivity contribution < 1.29 is 13.9 Å². The summed E-state index contributed by atoms with van der Waals surface area (Å²) in [6.07, 6.45) is 0. The van der Waals surface area contributed by atoms with Crippen molar-refractivity contribution in [1.82, 2.24) is 10.3 Å². The lowest BCUT2D eigenvalue weighted by Crippen LogP contribution is -2.27. The topological polar surface area (TPSA) is 64.4 Å². The Hall–Kier alpha value is -3.86. The minimum atomic E-state index is -0.0973. The molecule has 32 heavy (non-hydrogen) atoms. The third kappa shape index (κ3) is 5.24. The Morgan fingerprint density at radius 3 is 2.31 bits per heavy atom. The van der Waals surface area contributed by atoms with Gasteiger partial charge in [0.1, 0.15) is 23.8 Å². The molecule has 0 aliphatic rings. The molecule has 4 rings (SSSR count). The predicted octanol–water partition coefficient (Wildman–Crippen LogP) is 5.76. The zero-order chi connectivity index (χ0) is 22.3. The van der Waals surface area contributed by atoms with Gasteiger partial charge < -0.3 is 14.5 Å². The second-order valence-corrected chi connectivity index (χ2v) is 7.72. The maximum Gasteiger partial charge on any atom is 0.251 e. The van der Waals surface area contributed by atoms with Gasteiger partial charge in [-0.3, -0.25) is 4.79 Å². The number of hydrogen-bond acceptors (Lipinski definition) is 4. The first-order valence-corrected chi connectivity index (χ1v) is 10.7. The second-order valence-electron chi connectivity index (χ2n) is 7.72. The lowest BCUT2D eigenvalue weighted by atomic mass is 10.0. The highest BCUT2D eigenvalue weighted by Crippen LogP contribution is 2.23. The average molecular weight is 427 g/mol. The number of amides is 1. The molecule has 0 radical (unpaired) electrons. The predicted molar refractivity (Wildman–Crippen MR) is 125 cm³/mol. The van der Waals surface area contributed by atoms with Crippen molar-refractivity contribution in [2.75, 3.05) is 6.54 Å². The molecule has 5 heteroatoms. The Bertz CT molecular complexity index is 1150. The summed E-state index contributed by atoms with van der Waals surface area (Å²) in [6.45, 7) is 4.88. The molecule has 1 amide bonds. The fourth-order valence-electron chi connectivity index (χ4n) is 3.37. The number of aryl methyl sites for hydroxylation is 1. The van der Waals surface area contributed by atoms with Gasteiger partial charge in [-0.2, -0.15) is 0 Å². The van der Waals surface area contributed by atoms with Gasteiger partial charge in [0, 0.05) is 17.7 Å². The summed E-state index contributed by atoms with van der Waals surface area (Å²) in [6, 6.07) is 27.0. The molecule has 3 aromatic carbocycles. The van der Waals surface area contributed by atoms with Crippen molar-refractivity contribution in [2.24, 2.45) is 0 Å². The minimum Gasteiger partial charge on any atom is -0.487 e. The fourth-order valence-corrected chi connectivity index (χ4v) is 3.37. The number of carbonyl (C=O) groups is 1. The van der Waals surface area contributed by atoms with Gasteiger partial charge in [-0.1, -0.05) is 55.5 Å². The van der Waals surface area contributed by atoms with E-state index in [1.807, 2.05) is 67.6 Å². The lowest BCUT2D eigenvalue weighted by molar-refractivity contribution is 0.0951. The Morgan fingerprint density at radius 2 is 1.62 bits per heavy atom. The zero-order valence-electron chi connectivity index (χ0n) is 18.2. The maximum atomic E-state index is 12.5. The van der Waals surface area contributed by atoms with Crippen molar-refractivity contribution in [3.05, 3.63) is 108 Å². The van der Waals surface area contributed by atoms with Gasteiger partial charge in [-0.25, -0.2) is 4.98 Å². The van der Waals surface area contributed by atoms with Gasteiger partial charge in [-0.15, -0.1) is 0 Å². The largest absolute Gasteiger partial charge is 0.487 e. The van der Waals surface area contributed by atoms with Gasteiger partial charge in [0.05, 0.1) is 0 Å². The van der Waals surface area contributed by atoms with E-state index in [2.05, 4.69) is 29.4 Å². The molecule has 0 saturated carbocycles. The van der Waals surface area contributed by atoms with Crippen LogP contribution in [0.15, 0.2) is 89.3 Å². The third-order valence-corrected chi connectivity index (χ3v) is 5.34. The van der Waals surface area contributed by atoms with Crippen LogP contribution in [0.1, 0.15) is 40.2 Å². The van der Waals surface area contributed by atoms with E-state index in [0.717, 1.165) is 17.0 Å². The van der Waals surface area contributed by atoms with Crippen LogP contribution in [0.4, 0.5) is 0 Å². The molecule has 0 fully saturated rings. The van der Waals surface area contributed by atoms with Crippen LogP contribution in [0.3, 0.4) is 0 Å². The van der Waals surface area contributed by atoms with Crippen molar-refractivity contribution in [3.8, 4) is 17.2 Å². The highest BCUT2D eigenvalue weighted by Gasteiger charge is 2.14. The minimum absolute atomic E-state index is 0.0973. The van der Waals surface area contributed by atoms with E-state index in [9.17, 15) is 4.79 Å². The molecule has 1 heterocycles. The summed E-state index contributed by atoms with van der Waals surface area (Å²) in [4.78, 5) is 17.1. The van der Waals surface area contributed by atoms with Crippen molar-refractivity contribution in [3.63, 3.8) is 0 Å². The van der Waals surface area contributed by atoms with Crippen molar-refractivity contribution in [1.29, 1.82) is 0 Å². The summed E-state index contributed by atoms with van der Waals surface area (Å²) in [5, 5.41) is 3.01. The Kier molecular flexibility index (Phi) is 6.66. The molecule has 5 nitrogen and oxygen atoms in total. The molecule has 0 bridgehead atoms. The summed E-state index contributed by atoms with van der Waals surface area (Å²) in [5.41, 5.74) is 3.37. The molecule has 0 spiro atoms. The standard InChI is InChI=1S/C27H26N2O3/c1-19(21-9-5-3-6-10-21)17-28-26(30)22-13-15-23(16-14-22)27-29-25(20(2)32-27)18-31-24-11-7-4-8-12-24/h3-16,19H,17-18H2,1-2H3,(H,28,30). The van der Waals surface area contributed by atoms with Crippen LogP contribution in [0.25, 0.3) is 11.5 Å². The molecule has 0 saturated heterocycles. The quantitative estimate of drug-likeness (QED) is 0.389. The first-order valence-electron chi connectivity index (χ1n) is 10.7. The molecule has 0 aliphatic heterocycles. The van der Waals surface area contributed by atoms with Crippen LogP contribution in [-0.4, -0.2) is 17.4 Å². The normalized spacial score (nSPS) is 11.7. The van der Waals surface area contributed by atoms with E-state index >= 15 is 0 Å². The number of benzene rings is 3. The van der Waals surface area contributed by atoms with E-state index in [-0.39, 0.29) is 11.8 Å². The van der Waals surface area contributed by atoms with Crippen LogP contribution in [0, 0.1) is 6.92 Å². The third-order valence-electron chi connectivity index (χ3n) is 5.34. The van der Waals surface area contributed by atoms with Gasteiger partial charge >= 0.3 is 0 Å². The number of rotatable bonds is 8. The Morgan fingerprint density at radius 1 is 0.969 bits per heavy atom. The number of carbonyl (C=O) groups excluding carboxylic acids is 1. The Balaban J connectivity index is 1.36. The van der Waals surface area contributed by atoms with E-state index < -0.39 is 0 Å². The SMILES string of the molecule is Cc1oc(-c2ccc(C(=O)NCC(C)c3ccccc3)cc2)nc1COc1ccccc1. The van der Waals surface area contributed by atoms with Crippen molar-refractivity contribution >= 4 is 5.91 Å². The zero-order valence-corrected chi connectivity index (χ0v) is 18.2. The molecule has 162 valence electrons. The van der Waals surface area contributed by atoms with Gasteiger partial charge in [-0.05, 0) is 54.8 Å². The van der Waals surface area contributed by atoms with E-state index in [1.165, 1.54) is 5.56 Å². The number of nitrogens with one attached hydrogen (secondary N) is 1. The maximum absolute atomic E-state index is 12.5. The monoisotopic (exact) mass is 426 g/mol. The smallest absolute Gasteiger partial charge is 0.251 e. The number of hydrogen-bond donors (Lipinski definition) is 1. The molecule has 1 unspecified atom stereocenters. The first-order chi connectivity index (χ1) is 15.6. The lowest BCUT2D eigenvalue weighted by Gasteiger charge is -2.13. The van der Waals surface area contributed by atoms with Gasteiger partial charge in [0.25, 0.3) is 5.91 Å². The highest BCUT2D eigenvalue weighted by molar-refractivity contribution is 5.94. The van der Waals surface area contributed by atoms with E-state index in [4.69, 9.17) is 9.15 Å². The number of oxazole rings is 1. The molecule has 1 atom stereocenters. The first kappa shape index (κ1) is 21.4. The number of para-hydroxylation sites is 1. The van der Waals surface area contributed by atoms with Crippen LogP contribution in [0.5, 0.6) is 5.75 Å². The second kappa shape index (κ2) is 9.96. The number of nitrogens with zero attached hydrogens (tertiary/aromatic N) is 1. The van der Waals surface area contributed by atoms with Crippen LogP contribution < -0.4 is 10.1 Å². The summed E-state index contributed by atoms with van der Waals surface area (Å²) < 4.78 is 11.6. The van der Waals surface area contributed by atoms with Crippen LogP contribution >= 0.6 is 0 Å². The van der Waals surface area contributed by atoms with Crippen LogP contribution in [0.2, 0.25) is 0 Å². The van der Waals surface area contributed by atoms with Crippen molar-refractivity contribution in [2.45, 2.75) is 26.4 Å². The van der Waals surface area contributed by atoms with Gasteiger partial charge in [0.15, 0.2) is 0 Å². The number of aromatic nitrogens is 1.